The number of hydrogen-bond acceptors (Lipinski definition) is 13. The van der Waals surface area contributed by atoms with Gasteiger partial charge in [0, 0.05) is 79.0 Å². The van der Waals surface area contributed by atoms with E-state index in [0.29, 0.717) is 97.1 Å². The molecule has 0 radical (unpaired) electrons. The van der Waals surface area contributed by atoms with Gasteiger partial charge in [0.1, 0.15) is 0 Å². The van der Waals surface area contributed by atoms with Crippen LogP contribution in [0.5, 0.6) is 0 Å². The van der Waals surface area contributed by atoms with Crippen LogP contribution in [0.2, 0.25) is 0 Å². The number of hydrogen-bond donors (Lipinski definition) is 9. The van der Waals surface area contributed by atoms with Crippen molar-refractivity contribution >= 4 is 40.6 Å². The van der Waals surface area contributed by atoms with Gasteiger partial charge >= 0.3 is 0 Å². The van der Waals surface area contributed by atoms with Crippen LogP contribution in [0.4, 0.5) is 0 Å². The lowest BCUT2D eigenvalue weighted by atomic mass is 9.98. The Kier molecular flexibility index (Phi) is 28.1. The van der Waals surface area contributed by atoms with Crippen molar-refractivity contribution < 1.29 is 19.0 Å². The number of isothiocyanates is 1. The van der Waals surface area contributed by atoms with Gasteiger partial charge in [0.25, 0.3) is 0 Å². The maximum Gasteiger partial charge on any atom is 0.217 e. The zero-order valence-electron chi connectivity index (χ0n) is 27.6. The largest absolute Gasteiger partial charge is 0.379 e. The van der Waals surface area contributed by atoms with Crippen LogP contribution in [0.3, 0.4) is 0 Å². The fourth-order valence-electron chi connectivity index (χ4n) is 4.69. The van der Waals surface area contributed by atoms with Gasteiger partial charge in [-0.15, -0.1) is 0 Å². The minimum absolute atomic E-state index is 0.0494. The molecule has 0 aliphatic heterocycles. The summed E-state index contributed by atoms with van der Waals surface area (Å²) < 4.78 is 16.6. The number of likely N-dealkylation sites (N-methyl/N-ethyl adjacent to an activating group) is 4. The van der Waals surface area contributed by atoms with E-state index in [4.69, 9.17) is 26.4 Å². The topological polar surface area (TPSA) is 165 Å². The highest BCUT2D eigenvalue weighted by Crippen LogP contribution is 2.03. The number of nitrogens with zero attached hydrogens (tertiary/aromatic N) is 1. The van der Waals surface area contributed by atoms with E-state index in [-0.39, 0.29) is 11.4 Å². The van der Waals surface area contributed by atoms with Crippen molar-refractivity contribution in [2.24, 2.45) is 4.99 Å². The predicted octanol–water partition coefficient (Wildman–Crippen LogP) is -1.95. The Hall–Kier alpha value is -1.40. The van der Waals surface area contributed by atoms with Crippen LogP contribution in [-0.2, 0) is 19.0 Å². The monoisotopic (exact) mass is 664 g/mol. The number of ether oxygens (including phenoxy) is 3. The number of nitrogens with one attached hydrogen (secondary N) is 9. The third-order valence-corrected chi connectivity index (χ3v) is 6.78. The molecule has 0 aromatic rings. The fraction of sp³-hybridized carbons (Fsp3) is 0.893. The predicted molar refractivity (Wildman–Crippen MR) is 186 cm³/mol. The number of amides is 1. The maximum absolute atomic E-state index is 11.8. The summed E-state index contributed by atoms with van der Waals surface area (Å²) in [6.07, 6.45) is 1.66. The standard InChI is InChI=1S/C28H60N10O4S2/c1-25(39)37-27(18-29-2,19-30-3)22-33-10-11-34-23-28(20-31-4,21-32-5)38-26(44)36-9-7-13-41-15-17-42-16-14-40-12-6-8-35-24-43/h29-34H,6-23H2,1-5H3,(H,37,39)(H2,36,38,44). The second-order valence-electron chi connectivity index (χ2n) is 10.6. The van der Waals surface area contributed by atoms with E-state index in [1.54, 1.807) is 6.92 Å². The first-order chi connectivity index (χ1) is 21.3. The van der Waals surface area contributed by atoms with Crippen LogP contribution in [0.25, 0.3) is 0 Å². The SMILES string of the molecule is CNCC(CNC)(CNCCNCC(CNC)(CNC)NC(=S)NCCCOCCOCCOCCCN=C=S)NC(C)=O. The van der Waals surface area contributed by atoms with Crippen molar-refractivity contribution in [1.82, 2.24) is 47.9 Å². The summed E-state index contributed by atoms with van der Waals surface area (Å²) >= 11 is 10.1. The van der Waals surface area contributed by atoms with Gasteiger partial charge in [-0.25, -0.2) is 4.99 Å². The van der Waals surface area contributed by atoms with Crippen LogP contribution in [0.15, 0.2) is 4.99 Å². The molecule has 0 heterocycles. The molecule has 0 aromatic heterocycles. The highest BCUT2D eigenvalue weighted by atomic mass is 32.1. The summed E-state index contributed by atoms with van der Waals surface area (Å²) in [7, 11) is 7.64. The molecule has 258 valence electrons. The quantitative estimate of drug-likeness (QED) is 0.0228. The molecule has 1 amide bonds. The Balaban J connectivity index is 4.32. The summed E-state index contributed by atoms with van der Waals surface area (Å²) in [5.41, 5.74) is -0.743. The molecule has 0 aliphatic carbocycles. The summed E-state index contributed by atoms with van der Waals surface area (Å²) in [6, 6.07) is 0. The summed E-state index contributed by atoms with van der Waals surface area (Å²) in [5.74, 6) is -0.0494. The van der Waals surface area contributed by atoms with E-state index in [2.05, 4.69) is 70.2 Å². The second-order valence-corrected chi connectivity index (χ2v) is 11.2. The van der Waals surface area contributed by atoms with Crippen molar-refractivity contribution in [3.8, 4) is 0 Å². The van der Waals surface area contributed by atoms with E-state index in [0.717, 1.165) is 25.9 Å². The second kappa shape index (κ2) is 29.0. The fourth-order valence-corrected chi connectivity index (χ4v) is 5.10. The Bertz CT molecular complexity index is 767. The molecule has 0 saturated heterocycles. The summed E-state index contributed by atoms with van der Waals surface area (Å²) in [4.78, 5) is 15.6. The molecule has 0 saturated carbocycles. The minimum Gasteiger partial charge on any atom is -0.379 e. The van der Waals surface area contributed by atoms with Gasteiger partial charge in [-0.3, -0.25) is 4.79 Å². The van der Waals surface area contributed by atoms with Gasteiger partial charge in [0.2, 0.25) is 5.91 Å². The maximum atomic E-state index is 11.8. The smallest absolute Gasteiger partial charge is 0.217 e. The average Bonchev–Trinajstić information content (AvgIpc) is 2.97. The lowest BCUT2D eigenvalue weighted by molar-refractivity contribution is -0.120. The zero-order valence-corrected chi connectivity index (χ0v) is 29.3. The van der Waals surface area contributed by atoms with Gasteiger partial charge in [0.15, 0.2) is 5.11 Å². The van der Waals surface area contributed by atoms with Crippen LogP contribution in [-0.4, -0.2) is 161 Å². The molecule has 14 nitrogen and oxygen atoms in total. The number of aliphatic imine (C=N–C) groups is 1. The van der Waals surface area contributed by atoms with E-state index in [1.807, 2.05) is 28.2 Å². The molecule has 0 fully saturated rings. The molecule has 0 unspecified atom stereocenters. The summed E-state index contributed by atoms with van der Waals surface area (Å²) in [6.45, 7) is 11.9. The first kappa shape index (κ1) is 42.6. The molecule has 16 heteroatoms. The third-order valence-electron chi connectivity index (χ3n) is 6.40. The number of thiocarbonyl (C=S) groups is 2. The van der Waals surface area contributed by atoms with Gasteiger partial charge in [0.05, 0.1) is 49.2 Å². The van der Waals surface area contributed by atoms with Gasteiger partial charge in [-0.05, 0) is 65.5 Å². The normalized spacial score (nSPS) is 11.7. The van der Waals surface area contributed by atoms with Crippen molar-refractivity contribution in [3.63, 3.8) is 0 Å². The van der Waals surface area contributed by atoms with Crippen molar-refractivity contribution in [3.05, 3.63) is 0 Å². The number of rotatable bonds is 31. The minimum atomic E-state index is -0.411. The Morgan fingerprint density at radius 3 is 1.59 bits per heavy atom. The Morgan fingerprint density at radius 1 is 0.682 bits per heavy atom. The number of carbonyl (C=O) groups is 1. The first-order valence-electron chi connectivity index (χ1n) is 15.4. The van der Waals surface area contributed by atoms with E-state index < -0.39 is 5.54 Å². The highest BCUT2D eigenvalue weighted by molar-refractivity contribution is 7.80. The molecule has 0 atom stereocenters. The van der Waals surface area contributed by atoms with Gasteiger partial charge < -0.3 is 62.1 Å². The Labute approximate surface area is 276 Å². The molecular formula is C28H60N10O4S2. The highest BCUT2D eigenvalue weighted by Gasteiger charge is 2.30. The third kappa shape index (κ3) is 23.0. The lowest BCUT2D eigenvalue weighted by Gasteiger charge is -2.36. The molecule has 9 N–H and O–H groups in total. The molecule has 0 aliphatic rings. The molecular weight excluding hydrogens is 605 g/mol. The molecule has 0 rings (SSSR count). The zero-order chi connectivity index (χ0) is 32.8. The molecule has 44 heavy (non-hydrogen) atoms. The van der Waals surface area contributed by atoms with Crippen LogP contribution < -0.4 is 47.9 Å². The average molecular weight is 665 g/mol. The van der Waals surface area contributed by atoms with E-state index >= 15 is 0 Å². The van der Waals surface area contributed by atoms with E-state index in [9.17, 15) is 4.79 Å². The summed E-state index contributed by atoms with van der Waals surface area (Å²) in [5, 5.41) is 32.8. The van der Waals surface area contributed by atoms with Gasteiger partial charge in [-0.1, -0.05) is 0 Å². The Morgan fingerprint density at radius 2 is 1.14 bits per heavy atom. The van der Waals surface area contributed by atoms with Gasteiger partial charge in [-0.2, -0.15) is 0 Å². The van der Waals surface area contributed by atoms with Crippen LogP contribution >= 0.6 is 24.4 Å². The van der Waals surface area contributed by atoms with Crippen molar-refractivity contribution in [1.29, 1.82) is 0 Å². The van der Waals surface area contributed by atoms with Crippen molar-refractivity contribution in [2.75, 3.05) is 133 Å². The number of carbonyl (C=O) groups excluding carboxylic acids is 1. The van der Waals surface area contributed by atoms with E-state index in [1.165, 1.54) is 0 Å². The molecule has 0 aromatic carbocycles. The van der Waals surface area contributed by atoms with Crippen LogP contribution in [0.1, 0.15) is 19.8 Å². The van der Waals surface area contributed by atoms with Crippen molar-refractivity contribution in [2.45, 2.75) is 30.8 Å². The van der Waals surface area contributed by atoms with Crippen LogP contribution in [0, 0.1) is 0 Å². The first-order valence-corrected chi connectivity index (χ1v) is 16.3. The lowest BCUT2D eigenvalue weighted by Crippen LogP contribution is -2.66. The molecule has 0 spiro atoms. The molecule has 0 bridgehead atoms.